The zero-order valence-electron chi connectivity index (χ0n) is 22.3. The fourth-order valence-electron chi connectivity index (χ4n) is 3.71. The summed E-state index contributed by atoms with van der Waals surface area (Å²) in [6, 6.07) is 4.75. The van der Waals surface area contributed by atoms with Gasteiger partial charge in [-0.1, -0.05) is 6.92 Å². The van der Waals surface area contributed by atoms with Gasteiger partial charge in [-0.05, 0) is 32.9 Å². The summed E-state index contributed by atoms with van der Waals surface area (Å²) in [7, 11) is 0. The summed E-state index contributed by atoms with van der Waals surface area (Å²) in [5, 5.41) is 27.9. The lowest BCUT2D eigenvalue weighted by atomic mass is 9.92. The van der Waals surface area contributed by atoms with Crippen molar-refractivity contribution in [1.82, 2.24) is 14.6 Å². The maximum absolute atomic E-state index is 12.3. The van der Waals surface area contributed by atoms with Crippen LogP contribution in [-0.2, 0) is 43.7 Å². The van der Waals surface area contributed by atoms with Gasteiger partial charge in [0.05, 0.1) is 17.7 Å². The average Bonchev–Trinajstić information content (AvgIpc) is 3.47. The van der Waals surface area contributed by atoms with Crippen LogP contribution in [0.4, 0.5) is 10.6 Å². The number of carbonyl (C=O) groups is 4. The number of carbonyl (C=O) groups excluding carboxylic acids is 4. The van der Waals surface area contributed by atoms with E-state index in [1.54, 1.807) is 20.8 Å². The third-order valence-electron chi connectivity index (χ3n) is 5.77. The van der Waals surface area contributed by atoms with Crippen LogP contribution in [0.1, 0.15) is 39.8 Å². The summed E-state index contributed by atoms with van der Waals surface area (Å²) in [5.74, 6) is -2.07. The van der Waals surface area contributed by atoms with E-state index in [1.807, 2.05) is 6.07 Å². The number of esters is 3. The van der Waals surface area contributed by atoms with Crippen LogP contribution in [0.3, 0.4) is 0 Å². The molecule has 16 nitrogen and oxygen atoms in total. The molecular weight excluding hydrogens is 532 g/mol. The number of hydrogen-bond acceptors (Lipinski definition) is 14. The minimum Gasteiger partial charge on any atom is -0.462 e. The van der Waals surface area contributed by atoms with E-state index in [0.717, 1.165) is 6.33 Å². The lowest BCUT2D eigenvalue weighted by molar-refractivity contribution is -0.161. The second kappa shape index (κ2) is 12.2. The number of nitrogens with zero attached hydrogens (tertiary/aromatic N) is 4. The lowest BCUT2D eigenvalue weighted by Gasteiger charge is -2.24. The Bertz CT molecular complexity index is 1320. The standard InChI is InChI=1S/C24H30N6O10/c1-5-16(31)39-18-14(9-36-17(32)8-25)40-24(10-26,19(18)33)15-7-6-13-20(27-11-28-30(13)15)29-22(35)38-12-37-21(34)23(2,3)4/h6-7,11,14,18-19,33H,5,8-9,12,25H2,1-4H3,(H,27,28,29,35)/t14-,18-,19-,24+/m1/s1. The summed E-state index contributed by atoms with van der Waals surface area (Å²) >= 11 is 0. The van der Waals surface area contributed by atoms with E-state index in [1.165, 1.54) is 23.6 Å². The first-order chi connectivity index (χ1) is 18.9. The van der Waals surface area contributed by atoms with Crippen LogP contribution in [0.25, 0.3) is 5.52 Å². The number of aliphatic hydroxyl groups is 1. The molecule has 4 N–H and O–H groups in total. The fourth-order valence-corrected chi connectivity index (χ4v) is 3.71. The molecule has 40 heavy (non-hydrogen) atoms. The number of rotatable bonds is 9. The number of amides is 1. The van der Waals surface area contributed by atoms with Gasteiger partial charge in [0.1, 0.15) is 36.7 Å². The van der Waals surface area contributed by atoms with Crippen LogP contribution < -0.4 is 11.1 Å². The van der Waals surface area contributed by atoms with E-state index in [0.29, 0.717) is 0 Å². The number of nitriles is 1. The number of fused-ring (bicyclic) bond motifs is 1. The molecule has 4 atom stereocenters. The van der Waals surface area contributed by atoms with Gasteiger partial charge in [-0.3, -0.25) is 19.7 Å². The van der Waals surface area contributed by atoms with E-state index in [2.05, 4.69) is 15.4 Å². The normalized spacial score (nSPS) is 22.3. The van der Waals surface area contributed by atoms with Crippen molar-refractivity contribution in [2.75, 3.05) is 25.3 Å². The Balaban J connectivity index is 1.87. The van der Waals surface area contributed by atoms with Crippen LogP contribution >= 0.6 is 0 Å². The molecule has 0 aromatic carbocycles. The molecule has 0 spiro atoms. The second-order valence-electron chi connectivity index (χ2n) is 9.62. The molecule has 16 heteroatoms. The predicted octanol–water partition coefficient (Wildman–Crippen LogP) is 0.127. The average molecular weight is 563 g/mol. The van der Waals surface area contributed by atoms with Gasteiger partial charge >= 0.3 is 24.0 Å². The Morgan fingerprint density at radius 3 is 2.58 bits per heavy atom. The zero-order chi connectivity index (χ0) is 29.7. The summed E-state index contributed by atoms with van der Waals surface area (Å²) in [4.78, 5) is 51.8. The lowest BCUT2D eigenvalue weighted by Crippen LogP contribution is -2.43. The highest BCUT2D eigenvalue weighted by atomic mass is 16.7. The zero-order valence-corrected chi connectivity index (χ0v) is 22.3. The van der Waals surface area contributed by atoms with Gasteiger partial charge in [-0.15, -0.1) is 0 Å². The molecule has 1 saturated heterocycles. The maximum Gasteiger partial charge on any atom is 0.415 e. The number of aliphatic hydroxyl groups excluding tert-OH is 1. The van der Waals surface area contributed by atoms with Gasteiger partial charge in [0, 0.05) is 6.42 Å². The van der Waals surface area contributed by atoms with Crippen molar-refractivity contribution < 1.29 is 48.0 Å². The summed E-state index contributed by atoms with van der Waals surface area (Å²) in [6.45, 7) is 4.94. The van der Waals surface area contributed by atoms with Crippen molar-refractivity contribution >= 4 is 35.3 Å². The minimum absolute atomic E-state index is 0.000577. The van der Waals surface area contributed by atoms with Crippen LogP contribution in [0.15, 0.2) is 18.5 Å². The Labute approximate surface area is 228 Å². The first kappa shape index (κ1) is 30.2. The number of anilines is 1. The molecule has 1 amide bonds. The Kier molecular flexibility index (Phi) is 9.24. The summed E-state index contributed by atoms with van der Waals surface area (Å²) < 4.78 is 27.2. The van der Waals surface area contributed by atoms with Crippen molar-refractivity contribution in [3.63, 3.8) is 0 Å². The third kappa shape index (κ3) is 6.28. The fraction of sp³-hybridized carbons (Fsp3) is 0.542. The largest absolute Gasteiger partial charge is 0.462 e. The van der Waals surface area contributed by atoms with E-state index in [4.69, 9.17) is 29.4 Å². The Hall–Kier alpha value is -4.33. The first-order valence-electron chi connectivity index (χ1n) is 12.1. The van der Waals surface area contributed by atoms with E-state index >= 15 is 0 Å². The van der Waals surface area contributed by atoms with Gasteiger partial charge in [0.2, 0.25) is 12.4 Å². The quantitative estimate of drug-likeness (QED) is 0.210. The van der Waals surface area contributed by atoms with Crippen molar-refractivity contribution in [3.8, 4) is 6.07 Å². The summed E-state index contributed by atoms with van der Waals surface area (Å²) in [5.41, 5.74) is 2.51. The van der Waals surface area contributed by atoms with E-state index in [9.17, 15) is 29.5 Å². The van der Waals surface area contributed by atoms with Gasteiger partial charge in [0.25, 0.3) is 0 Å². The molecule has 1 aliphatic rings. The second-order valence-corrected chi connectivity index (χ2v) is 9.62. The third-order valence-corrected chi connectivity index (χ3v) is 5.77. The maximum atomic E-state index is 12.3. The predicted molar refractivity (Wildman–Crippen MR) is 132 cm³/mol. The van der Waals surface area contributed by atoms with Crippen LogP contribution in [-0.4, -0.2) is 82.0 Å². The van der Waals surface area contributed by atoms with Crippen LogP contribution in [0.2, 0.25) is 0 Å². The number of nitrogens with one attached hydrogen (secondary N) is 1. The number of hydrogen-bond donors (Lipinski definition) is 3. The molecular formula is C24H30N6O10. The van der Waals surface area contributed by atoms with Crippen molar-refractivity contribution in [1.29, 1.82) is 5.26 Å². The smallest absolute Gasteiger partial charge is 0.415 e. The molecule has 3 rings (SSSR count). The van der Waals surface area contributed by atoms with Gasteiger partial charge in [-0.25, -0.2) is 14.3 Å². The topological polar surface area (TPSA) is 227 Å². The number of ether oxygens (including phenoxy) is 5. The highest BCUT2D eigenvalue weighted by Crippen LogP contribution is 2.42. The SMILES string of the molecule is CCC(=O)O[C@H]1[C@@H](O)[C@](C#N)(c2ccc3c(NC(=O)OCOC(=O)C(C)(C)C)ncnn23)O[C@@H]1COC(=O)CN. The molecule has 0 aliphatic carbocycles. The van der Waals surface area contributed by atoms with Crippen molar-refractivity contribution in [2.45, 2.75) is 58.0 Å². The van der Waals surface area contributed by atoms with Crippen molar-refractivity contribution in [2.24, 2.45) is 11.1 Å². The molecule has 3 heterocycles. The first-order valence-corrected chi connectivity index (χ1v) is 12.1. The Morgan fingerprint density at radius 1 is 1.23 bits per heavy atom. The number of nitrogens with two attached hydrogens (primary N) is 1. The van der Waals surface area contributed by atoms with Crippen LogP contribution in [0.5, 0.6) is 0 Å². The Morgan fingerprint density at radius 2 is 1.95 bits per heavy atom. The monoisotopic (exact) mass is 562 g/mol. The minimum atomic E-state index is -2.14. The van der Waals surface area contributed by atoms with E-state index < -0.39 is 73.3 Å². The molecule has 2 aromatic rings. The van der Waals surface area contributed by atoms with Gasteiger partial charge in [0.15, 0.2) is 11.9 Å². The van der Waals surface area contributed by atoms with Crippen LogP contribution in [0, 0.1) is 16.7 Å². The highest BCUT2D eigenvalue weighted by Gasteiger charge is 2.60. The van der Waals surface area contributed by atoms with Crippen molar-refractivity contribution in [3.05, 3.63) is 24.2 Å². The molecule has 1 aliphatic heterocycles. The molecule has 0 radical (unpaired) electrons. The van der Waals surface area contributed by atoms with Gasteiger partial charge < -0.3 is 34.5 Å². The molecule has 0 unspecified atom stereocenters. The highest BCUT2D eigenvalue weighted by molar-refractivity contribution is 5.88. The molecule has 1 fully saturated rings. The molecule has 216 valence electrons. The molecule has 0 bridgehead atoms. The number of aromatic nitrogens is 3. The van der Waals surface area contributed by atoms with Gasteiger partial charge in [-0.2, -0.15) is 10.4 Å². The molecule has 2 aromatic heterocycles. The van der Waals surface area contributed by atoms with E-state index in [-0.39, 0.29) is 23.4 Å². The molecule has 0 saturated carbocycles. The summed E-state index contributed by atoms with van der Waals surface area (Å²) in [6.07, 6.45) is -4.30.